The summed E-state index contributed by atoms with van der Waals surface area (Å²) < 4.78 is 0. The van der Waals surface area contributed by atoms with Gasteiger partial charge in [0.2, 0.25) is 5.91 Å². The third-order valence-corrected chi connectivity index (χ3v) is 4.98. The Morgan fingerprint density at radius 2 is 1.90 bits per heavy atom. The van der Waals surface area contributed by atoms with Crippen LogP contribution in [-0.2, 0) is 4.79 Å². The summed E-state index contributed by atoms with van der Waals surface area (Å²) in [5.74, 6) is 1.55. The quantitative estimate of drug-likeness (QED) is 0.840. The van der Waals surface area contributed by atoms with E-state index < -0.39 is 0 Å². The van der Waals surface area contributed by atoms with E-state index in [0.717, 1.165) is 57.8 Å². The maximum Gasteiger partial charge on any atom is 0.225 e. The van der Waals surface area contributed by atoms with Gasteiger partial charge in [-0.2, -0.15) is 0 Å². The second kappa shape index (κ2) is 10.4. The average Bonchev–Trinajstić information content (AvgIpc) is 2.76. The number of hydrogen-bond donors (Lipinski definition) is 1. The van der Waals surface area contributed by atoms with Gasteiger partial charge in [-0.3, -0.25) is 4.79 Å². The number of carbonyl (C=O) groups is 1. The van der Waals surface area contributed by atoms with Crippen LogP contribution in [0.5, 0.6) is 0 Å². The van der Waals surface area contributed by atoms with Gasteiger partial charge in [0.15, 0.2) is 0 Å². The molecule has 1 saturated carbocycles. The third-order valence-electron chi connectivity index (χ3n) is 4.98. The minimum absolute atomic E-state index is 0. The summed E-state index contributed by atoms with van der Waals surface area (Å²) in [7, 11) is 0. The van der Waals surface area contributed by atoms with Crippen molar-refractivity contribution in [1.82, 2.24) is 10.2 Å². The lowest BCUT2D eigenvalue weighted by atomic mass is 9.81. The van der Waals surface area contributed by atoms with E-state index in [0.29, 0.717) is 11.8 Å². The van der Waals surface area contributed by atoms with Gasteiger partial charge in [-0.05, 0) is 31.7 Å². The monoisotopic (exact) mass is 316 g/mol. The average molecular weight is 317 g/mol. The number of carbonyl (C=O) groups excluding carboxylic acids is 1. The molecular formula is C17H33ClN2O. The molecule has 1 N–H and O–H groups in total. The summed E-state index contributed by atoms with van der Waals surface area (Å²) in [6, 6.07) is 0. The molecule has 3 nitrogen and oxygen atoms in total. The fourth-order valence-electron chi connectivity index (χ4n) is 3.84. The molecule has 1 aliphatic carbocycles. The van der Waals surface area contributed by atoms with E-state index in [4.69, 9.17) is 0 Å². The van der Waals surface area contributed by atoms with E-state index in [1.807, 2.05) is 0 Å². The lowest BCUT2D eigenvalue weighted by molar-refractivity contribution is -0.136. The van der Waals surface area contributed by atoms with Crippen LogP contribution in [0.1, 0.15) is 64.7 Å². The number of halogens is 1. The summed E-state index contributed by atoms with van der Waals surface area (Å²) >= 11 is 0. The Kier molecular flexibility index (Phi) is 9.34. The van der Waals surface area contributed by atoms with Gasteiger partial charge in [0.25, 0.3) is 0 Å². The van der Waals surface area contributed by atoms with Crippen molar-refractivity contribution in [3.8, 4) is 0 Å². The van der Waals surface area contributed by atoms with Gasteiger partial charge in [-0.15, -0.1) is 12.4 Å². The molecule has 124 valence electrons. The van der Waals surface area contributed by atoms with Crippen molar-refractivity contribution in [3.63, 3.8) is 0 Å². The summed E-state index contributed by atoms with van der Waals surface area (Å²) in [4.78, 5) is 14.9. The first-order valence-electron chi connectivity index (χ1n) is 8.80. The Labute approximate surface area is 136 Å². The van der Waals surface area contributed by atoms with Gasteiger partial charge in [0.05, 0.1) is 0 Å². The highest BCUT2D eigenvalue weighted by molar-refractivity contribution is 5.85. The summed E-state index contributed by atoms with van der Waals surface area (Å²) in [5, 5.41) is 3.39. The van der Waals surface area contributed by atoms with E-state index in [1.54, 1.807) is 0 Å². The molecule has 2 rings (SSSR count). The molecule has 1 unspecified atom stereocenters. The summed E-state index contributed by atoms with van der Waals surface area (Å²) in [6.45, 7) is 6.10. The van der Waals surface area contributed by atoms with Crippen molar-refractivity contribution in [1.29, 1.82) is 0 Å². The molecule has 1 amide bonds. The first-order chi connectivity index (χ1) is 9.81. The van der Waals surface area contributed by atoms with Crippen LogP contribution < -0.4 is 5.32 Å². The first kappa shape index (κ1) is 18.8. The topological polar surface area (TPSA) is 32.3 Å². The van der Waals surface area contributed by atoms with Crippen LogP contribution in [0.3, 0.4) is 0 Å². The van der Waals surface area contributed by atoms with Crippen LogP contribution in [0.2, 0.25) is 0 Å². The first-order valence-corrected chi connectivity index (χ1v) is 8.80. The van der Waals surface area contributed by atoms with Crippen LogP contribution in [0.25, 0.3) is 0 Å². The van der Waals surface area contributed by atoms with Gasteiger partial charge >= 0.3 is 0 Å². The maximum atomic E-state index is 12.8. The van der Waals surface area contributed by atoms with Crippen molar-refractivity contribution in [2.75, 3.05) is 26.2 Å². The van der Waals surface area contributed by atoms with Crippen LogP contribution in [0, 0.1) is 11.8 Å². The van der Waals surface area contributed by atoms with Gasteiger partial charge in [-0.25, -0.2) is 0 Å². The molecule has 21 heavy (non-hydrogen) atoms. The number of nitrogens with one attached hydrogen (secondary N) is 1. The Hall–Kier alpha value is -0.280. The molecule has 1 heterocycles. The molecule has 0 aromatic heterocycles. The van der Waals surface area contributed by atoms with Crippen LogP contribution in [0.15, 0.2) is 0 Å². The predicted octanol–water partition coefficient (Wildman–Crippen LogP) is 3.62. The van der Waals surface area contributed by atoms with E-state index in [1.165, 1.54) is 32.1 Å². The molecule has 4 heteroatoms. The highest BCUT2D eigenvalue weighted by Gasteiger charge is 2.27. The van der Waals surface area contributed by atoms with Gasteiger partial charge in [0, 0.05) is 25.6 Å². The zero-order valence-corrected chi connectivity index (χ0v) is 14.4. The Balaban J connectivity index is 0.00000220. The van der Waals surface area contributed by atoms with Crippen molar-refractivity contribution >= 4 is 18.3 Å². The van der Waals surface area contributed by atoms with E-state index in [9.17, 15) is 4.79 Å². The molecule has 1 atom stereocenters. The summed E-state index contributed by atoms with van der Waals surface area (Å²) in [6.07, 6.45) is 11.3. The van der Waals surface area contributed by atoms with Crippen LogP contribution >= 0.6 is 12.4 Å². The van der Waals surface area contributed by atoms with Crippen molar-refractivity contribution in [2.45, 2.75) is 64.7 Å². The second-order valence-electron chi connectivity index (χ2n) is 6.65. The number of amides is 1. The van der Waals surface area contributed by atoms with Crippen LogP contribution in [-0.4, -0.2) is 37.0 Å². The predicted molar refractivity (Wildman–Crippen MR) is 90.9 cm³/mol. The molecule has 2 aliphatic rings. The Morgan fingerprint density at radius 1 is 1.14 bits per heavy atom. The van der Waals surface area contributed by atoms with Gasteiger partial charge in [0.1, 0.15) is 0 Å². The number of nitrogens with zero attached hydrogens (tertiary/aromatic N) is 1. The molecule has 1 aliphatic heterocycles. The Morgan fingerprint density at radius 3 is 2.62 bits per heavy atom. The molecular weight excluding hydrogens is 284 g/mol. The number of rotatable bonds is 5. The van der Waals surface area contributed by atoms with Crippen molar-refractivity contribution in [2.24, 2.45) is 11.8 Å². The molecule has 0 radical (unpaired) electrons. The lowest BCUT2D eigenvalue weighted by Gasteiger charge is -2.30. The largest absolute Gasteiger partial charge is 0.341 e. The third kappa shape index (κ3) is 6.15. The normalized spacial score (nSPS) is 22.2. The fourth-order valence-corrected chi connectivity index (χ4v) is 3.84. The van der Waals surface area contributed by atoms with Crippen molar-refractivity contribution < 1.29 is 4.79 Å². The molecule has 0 aromatic rings. The fraction of sp³-hybridized carbons (Fsp3) is 0.941. The molecule has 0 aromatic carbocycles. The number of hydrogen-bond acceptors (Lipinski definition) is 2. The molecule has 0 spiro atoms. The smallest absolute Gasteiger partial charge is 0.225 e. The summed E-state index contributed by atoms with van der Waals surface area (Å²) in [5.41, 5.74) is 0. The van der Waals surface area contributed by atoms with Gasteiger partial charge < -0.3 is 10.2 Å². The van der Waals surface area contributed by atoms with Gasteiger partial charge in [-0.1, -0.05) is 45.4 Å². The second-order valence-corrected chi connectivity index (χ2v) is 6.65. The molecule has 1 saturated heterocycles. The lowest BCUT2D eigenvalue weighted by Crippen LogP contribution is -2.39. The Bertz CT molecular complexity index is 285. The zero-order chi connectivity index (χ0) is 14.2. The highest BCUT2D eigenvalue weighted by atomic mass is 35.5. The standard InChI is InChI=1S/C17H32N2O.ClH/c1-2-7-16(14-15-8-4-3-5-9-15)17(20)19-12-6-10-18-11-13-19;/h15-16,18H,2-14H2,1H3;1H. The van der Waals surface area contributed by atoms with E-state index in [-0.39, 0.29) is 12.4 Å². The van der Waals surface area contributed by atoms with Crippen molar-refractivity contribution in [3.05, 3.63) is 0 Å². The van der Waals surface area contributed by atoms with E-state index >= 15 is 0 Å². The minimum Gasteiger partial charge on any atom is -0.341 e. The SMILES string of the molecule is CCCC(CC1CCCCC1)C(=O)N1CCCNCC1.Cl. The minimum atomic E-state index is 0. The zero-order valence-electron chi connectivity index (χ0n) is 13.6. The van der Waals surface area contributed by atoms with Crippen LogP contribution in [0.4, 0.5) is 0 Å². The highest BCUT2D eigenvalue weighted by Crippen LogP contribution is 2.31. The molecule has 0 bridgehead atoms. The maximum absolute atomic E-state index is 12.8. The van der Waals surface area contributed by atoms with E-state index in [2.05, 4.69) is 17.1 Å². The molecule has 2 fully saturated rings.